The zero-order valence-electron chi connectivity index (χ0n) is 10.5. The van der Waals surface area contributed by atoms with E-state index in [1.807, 2.05) is 0 Å². The Bertz CT molecular complexity index is 362. The van der Waals surface area contributed by atoms with Crippen molar-refractivity contribution in [2.75, 3.05) is 13.6 Å². The van der Waals surface area contributed by atoms with Crippen molar-refractivity contribution >= 4 is 11.3 Å². The summed E-state index contributed by atoms with van der Waals surface area (Å²) in [4.78, 5) is 3.65. The lowest BCUT2D eigenvalue weighted by Gasteiger charge is -2.21. The van der Waals surface area contributed by atoms with Crippen molar-refractivity contribution in [3.63, 3.8) is 0 Å². The van der Waals surface area contributed by atoms with Crippen LogP contribution in [0.2, 0.25) is 0 Å². The highest BCUT2D eigenvalue weighted by Gasteiger charge is 2.15. The van der Waals surface area contributed by atoms with E-state index in [4.69, 9.17) is 5.26 Å². The summed E-state index contributed by atoms with van der Waals surface area (Å²) in [5.74, 6) is 0.558. The fourth-order valence-corrected chi connectivity index (χ4v) is 2.60. The summed E-state index contributed by atoms with van der Waals surface area (Å²) >= 11 is 1.80. The summed E-state index contributed by atoms with van der Waals surface area (Å²) in [5, 5.41) is 11.2. The molecule has 3 heteroatoms. The van der Waals surface area contributed by atoms with Crippen LogP contribution in [0.5, 0.6) is 0 Å². The van der Waals surface area contributed by atoms with Crippen LogP contribution >= 0.6 is 11.3 Å². The third kappa shape index (κ3) is 3.62. The first-order valence-electron chi connectivity index (χ1n) is 5.65. The molecule has 16 heavy (non-hydrogen) atoms. The molecule has 0 aliphatic rings. The van der Waals surface area contributed by atoms with Crippen LogP contribution in [0.25, 0.3) is 0 Å². The molecule has 0 saturated heterocycles. The lowest BCUT2D eigenvalue weighted by atomic mass is 9.97. The lowest BCUT2D eigenvalue weighted by Crippen LogP contribution is -2.27. The van der Waals surface area contributed by atoms with E-state index in [0.717, 1.165) is 13.1 Å². The molecule has 0 aromatic carbocycles. The molecular formula is C13H20N2S. The van der Waals surface area contributed by atoms with Crippen LogP contribution in [0.15, 0.2) is 11.4 Å². The minimum Gasteiger partial charge on any atom is -0.300 e. The van der Waals surface area contributed by atoms with Crippen molar-refractivity contribution in [2.24, 2.45) is 11.8 Å². The van der Waals surface area contributed by atoms with Crippen LogP contribution in [-0.4, -0.2) is 18.5 Å². The van der Waals surface area contributed by atoms with Gasteiger partial charge in [0.2, 0.25) is 0 Å². The van der Waals surface area contributed by atoms with Gasteiger partial charge in [0, 0.05) is 18.0 Å². The van der Waals surface area contributed by atoms with Gasteiger partial charge in [-0.25, -0.2) is 0 Å². The van der Waals surface area contributed by atoms with Crippen LogP contribution in [0.4, 0.5) is 0 Å². The first-order chi connectivity index (χ1) is 7.54. The molecule has 0 bridgehead atoms. The van der Waals surface area contributed by atoms with E-state index in [1.165, 1.54) is 10.4 Å². The molecule has 1 atom stereocenters. The summed E-state index contributed by atoms with van der Waals surface area (Å²) in [6, 6.07) is 4.54. The number of rotatable bonds is 5. The van der Waals surface area contributed by atoms with Gasteiger partial charge in [-0.15, -0.1) is 11.3 Å². The summed E-state index contributed by atoms with van der Waals surface area (Å²) in [6.45, 7) is 8.17. The molecule has 0 radical (unpaired) electrons. The lowest BCUT2D eigenvalue weighted by molar-refractivity contribution is 0.267. The van der Waals surface area contributed by atoms with Gasteiger partial charge < -0.3 is 0 Å². The third-order valence-corrected chi connectivity index (χ3v) is 3.87. The molecule has 2 nitrogen and oxygen atoms in total. The van der Waals surface area contributed by atoms with E-state index in [9.17, 15) is 0 Å². The van der Waals surface area contributed by atoms with Crippen molar-refractivity contribution in [1.29, 1.82) is 5.26 Å². The predicted molar refractivity (Wildman–Crippen MR) is 69.3 cm³/mol. The van der Waals surface area contributed by atoms with Crippen LogP contribution < -0.4 is 0 Å². The second-order valence-corrected chi connectivity index (χ2v) is 5.70. The Morgan fingerprint density at radius 2 is 2.19 bits per heavy atom. The molecule has 1 aromatic heterocycles. The fourth-order valence-electron chi connectivity index (χ4n) is 1.61. The Hall–Kier alpha value is -0.850. The standard InChI is InChI=1S/C13H20N2S/c1-10(2)12(7-14)8-15(4)9-13-11(3)5-6-16-13/h5-6,10,12H,8-9H2,1-4H3. The van der Waals surface area contributed by atoms with Crippen molar-refractivity contribution < 1.29 is 0 Å². The smallest absolute Gasteiger partial charge is 0.0672 e. The zero-order chi connectivity index (χ0) is 12.1. The van der Waals surface area contributed by atoms with E-state index >= 15 is 0 Å². The van der Waals surface area contributed by atoms with Gasteiger partial charge in [0.25, 0.3) is 0 Å². The number of nitrogens with zero attached hydrogens (tertiary/aromatic N) is 2. The Morgan fingerprint density at radius 3 is 2.62 bits per heavy atom. The van der Waals surface area contributed by atoms with Crippen LogP contribution in [0.3, 0.4) is 0 Å². The second kappa shape index (κ2) is 6.03. The quantitative estimate of drug-likeness (QED) is 0.784. The molecule has 1 aromatic rings. The van der Waals surface area contributed by atoms with Crippen molar-refractivity contribution in [3.8, 4) is 6.07 Å². The molecule has 1 rings (SSSR count). The molecule has 0 spiro atoms. The molecule has 0 fully saturated rings. The number of nitriles is 1. The first kappa shape index (κ1) is 13.2. The maximum atomic E-state index is 9.05. The minimum absolute atomic E-state index is 0.130. The topological polar surface area (TPSA) is 27.0 Å². The van der Waals surface area contributed by atoms with Crippen molar-refractivity contribution in [2.45, 2.75) is 27.3 Å². The van der Waals surface area contributed by atoms with Crippen LogP contribution in [0.1, 0.15) is 24.3 Å². The van der Waals surface area contributed by atoms with Gasteiger partial charge in [0.15, 0.2) is 0 Å². The normalized spacial score (nSPS) is 13.1. The van der Waals surface area contributed by atoms with Gasteiger partial charge in [0.05, 0.1) is 12.0 Å². The fraction of sp³-hybridized carbons (Fsp3) is 0.615. The maximum Gasteiger partial charge on any atom is 0.0672 e. The highest BCUT2D eigenvalue weighted by atomic mass is 32.1. The summed E-state index contributed by atoms with van der Waals surface area (Å²) in [7, 11) is 2.09. The average Bonchev–Trinajstić information content (AvgIpc) is 2.60. The molecule has 1 heterocycles. The second-order valence-electron chi connectivity index (χ2n) is 4.70. The maximum absolute atomic E-state index is 9.05. The highest BCUT2D eigenvalue weighted by Crippen LogP contribution is 2.18. The van der Waals surface area contributed by atoms with Gasteiger partial charge in [-0.05, 0) is 36.9 Å². The molecule has 1 unspecified atom stereocenters. The van der Waals surface area contributed by atoms with Gasteiger partial charge in [-0.3, -0.25) is 4.90 Å². The number of aryl methyl sites for hydroxylation is 1. The molecule has 0 N–H and O–H groups in total. The minimum atomic E-state index is 0.130. The largest absolute Gasteiger partial charge is 0.300 e. The van der Waals surface area contributed by atoms with Gasteiger partial charge in [-0.2, -0.15) is 5.26 Å². The predicted octanol–water partition coefficient (Wildman–Crippen LogP) is 3.28. The summed E-state index contributed by atoms with van der Waals surface area (Å²) in [5.41, 5.74) is 1.36. The van der Waals surface area contributed by atoms with Crippen molar-refractivity contribution in [3.05, 3.63) is 21.9 Å². The Morgan fingerprint density at radius 1 is 1.50 bits per heavy atom. The van der Waals surface area contributed by atoms with Gasteiger partial charge in [0.1, 0.15) is 0 Å². The number of thiophene rings is 1. The Kier molecular flexibility index (Phi) is 4.98. The van der Waals surface area contributed by atoms with E-state index < -0.39 is 0 Å². The molecule has 0 aliphatic heterocycles. The van der Waals surface area contributed by atoms with E-state index in [0.29, 0.717) is 5.92 Å². The molecule has 0 amide bonds. The molecule has 0 aliphatic carbocycles. The van der Waals surface area contributed by atoms with Gasteiger partial charge >= 0.3 is 0 Å². The van der Waals surface area contributed by atoms with Crippen molar-refractivity contribution in [1.82, 2.24) is 4.90 Å². The van der Waals surface area contributed by atoms with E-state index in [1.54, 1.807) is 11.3 Å². The first-order valence-corrected chi connectivity index (χ1v) is 6.53. The Labute approximate surface area is 103 Å². The van der Waals surface area contributed by atoms with Crippen LogP contribution in [-0.2, 0) is 6.54 Å². The molecular weight excluding hydrogens is 216 g/mol. The van der Waals surface area contributed by atoms with E-state index in [-0.39, 0.29) is 5.92 Å². The van der Waals surface area contributed by atoms with E-state index in [2.05, 4.69) is 50.2 Å². The molecule has 88 valence electrons. The summed E-state index contributed by atoms with van der Waals surface area (Å²) < 4.78 is 0. The third-order valence-electron chi connectivity index (χ3n) is 2.86. The Balaban J connectivity index is 2.51. The monoisotopic (exact) mass is 236 g/mol. The zero-order valence-corrected chi connectivity index (χ0v) is 11.3. The summed E-state index contributed by atoms with van der Waals surface area (Å²) in [6.07, 6.45) is 0. The highest BCUT2D eigenvalue weighted by molar-refractivity contribution is 7.10. The molecule has 0 saturated carbocycles. The van der Waals surface area contributed by atoms with Gasteiger partial charge in [-0.1, -0.05) is 13.8 Å². The SMILES string of the molecule is Cc1ccsc1CN(C)CC(C#N)C(C)C. The number of hydrogen-bond donors (Lipinski definition) is 0. The number of hydrogen-bond acceptors (Lipinski definition) is 3. The average molecular weight is 236 g/mol. The van der Waals surface area contributed by atoms with Crippen LogP contribution in [0, 0.1) is 30.1 Å².